The normalized spacial score (nSPS) is 10.2. The molecule has 19 heavy (non-hydrogen) atoms. The molecular formula is C14H14N2O2S. The van der Waals surface area contributed by atoms with Crippen LogP contribution >= 0.6 is 11.8 Å². The van der Waals surface area contributed by atoms with Gasteiger partial charge in [0.05, 0.1) is 10.8 Å². The average molecular weight is 274 g/mol. The summed E-state index contributed by atoms with van der Waals surface area (Å²) in [5, 5.41) is 13.7. The lowest BCUT2D eigenvalue weighted by Crippen LogP contribution is -1.97. The maximum absolute atomic E-state index is 10.5. The first-order chi connectivity index (χ1) is 9.15. The van der Waals surface area contributed by atoms with Crippen molar-refractivity contribution in [1.29, 1.82) is 0 Å². The van der Waals surface area contributed by atoms with Crippen LogP contribution in [0.25, 0.3) is 0 Å². The second-order valence-corrected chi connectivity index (χ2v) is 5.13. The zero-order valence-electron chi connectivity index (χ0n) is 10.5. The van der Waals surface area contributed by atoms with Gasteiger partial charge in [-0.15, -0.1) is 11.8 Å². The predicted molar refractivity (Wildman–Crippen MR) is 78.6 cm³/mol. The summed E-state index contributed by atoms with van der Waals surface area (Å²) in [6.07, 6.45) is 0. The molecule has 0 bridgehead atoms. The highest BCUT2D eigenvalue weighted by molar-refractivity contribution is 7.99. The Morgan fingerprint density at radius 1 is 1.11 bits per heavy atom. The van der Waals surface area contributed by atoms with Gasteiger partial charge in [-0.25, -0.2) is 0 Å². The lowest BCUT2D eigenvalue weighted by molar-refractivity contribution is -0.384. The first-order valence-corrected chi connectivity index (χ1v) is 6.81. The van der Waals surface area contributed by atoms with E-state index < -0.39 is 4.92 Å². The van der Waals surface area contributed by atoms with Gasteiger partial charge in [-0.2, -0.15) is 0 Å². The number of nitrogens with one attached hydrogen (secondary N) is 1. The number of nitrogens with zero attached hydrogens (tertiary/aromatic N) is 1. The predicted octanol–water partition coefficient (Wildman–Crippen LogP) is 4.06. The molecule has 2 aromatic carbocycles. The fourth-order valence-corrected chi connectivity index (χ4v) is 2.27. The van der Waals surface area contributed by atoms with Crippen LogP contribution in [0.15, 0.2) is 53.4 Å². The molecule has 0 aromatic heterocycles. The molecule has 0 atom stereocenters. The quantitative estimate of drug-likeness (QED) is 0.386. The number of nitro groups is 1. The number of hydrogen-bond acceptors (Lipinski definition) is 4. The number of rotatable bonds is 5. The summed E-state index contributed by atoms with van der Waals surface area (Å²) in [4.78, 5) is 11.3. The van der Waals surface area contributed by atoms with Crippen LogP contribution in [0.4, 0.5) is 11.4 Å². The molecule has 0 aliphatic rings. The van der Waals surface area contributed by atoms with E-state index in [0.29, 0.717) is 0 Å². The van der Waals surface area contributed by atoms with Gasteiger partial charge in [-0.05, 0) is 31.2 Å². The van der Waals surface area contributed by atoms with E-state index in [4.69, 9.17) is 0 Å². The van der Waals surface area contributed by atoms with Crippen LogP contribution < -0.4 is 5.32 Å². The zero-order chi connectivity index (χ0) is 13.7. The zero-order valence-corrected chi connectivity index (χ0v) is 11.3. The highest BCUT2D eigenvalue weighted by Gasteiger charge is 2.03. The Morgan fingerprint density at radius 2 is 1.74 bits per heavy atom. The van der Waals surface area contributed by atoms with Gasteiger partial charge in [0.25, 0.3) is 5.69 Å². The third kappa shape index (κ3) is 3.99. The standard InChI is InChI=1S/C14H14N2O2S/c1-11-2-8-14(9-3-11)19-10-15-12-4-6-13(7-5-12)16(17)18/h2-9,15H,10H2,1H3. The molecule has 98 valence electrons. The van der Waals surface area contributed by atoms with Gasteiger partial charge in [0, 0.05) is 22.7 Å². The van der Waals surface area contributed by atoms with E-state index in [0.717, 1.165) is 11.6 Å². The van der Waals surface area contributed by atoms with Gasteiger partial charge in [0.1, 0.15) is 0 Å². The summed E-state index contributed by atoms with van der Waals surface area (Å²) in [6, 6.07) is 14.7. The van der Waals surface area contributed by atoms with Crippen LogP contribution in [-0.4, -0.2) is 10.8 Å². The molecule has 0 unspecified atom stereocenters. The van der Waals surface area contributed by atoms with Crippen LogP contribution in [0, 0.1) is 17.0 Å². The first-order valence-electron chi connectivity index (χ1n) is 5.83. The van der Waals surface area contributed by atoms with E-state index in [9.17, 15) is 10.1 Å². The van der Waals surface area contributed by atoms with Crippen molar-refractivity contribution in [2.45, 2.75) is 11.8 Å². The summed E-state index contributed by atoms with van der Waals surface area (Å²) in [5.74, 6) is 0.723. The largest absolute Gasteiger partial charge is 0.376 e. The molecule has 0 radical (unpaired) electrons. The van der Waals surface area contributed by atoms with E-state index in [2.05, 4.69) is 36.5 Å². The highest BCUT2D eigenvalue weighted by Crippen LogP contribution is 2.20. The van der Waals surface area contributed by atoms with E-state index in [-0.39, 0.29) is 5.69 Å². The van der Waals surface area contributed by atoms with Gasteiger partial charge in [0.15, 0.2) is 0 Å². The second kappa shape index (κ2) is 6.24. The Kier molecular flexibility index (Phi) is 4.41. The topological polar surface area (TPSA) is 55.2 Å². The molecule has 5 heteroatoms. The van der Waals surface area contributed by atoms with Gasteiger partial charge >= 0.3 is 0 Å². The molecule has 2 rings (SSSR count). The Balaban J connectivity index is 1.85. The number of thioether (sulfide) groups is 1. The Labute approximate surface area is 116 Å². The van der Waals surface area contributed by atoms with Crippen molar-refractivity contribution in [3.8, 4) is 0 Å². The number of non-ortho nitro benzene ring substituents is 1. The highest BCUT2D eigenvalue weighted by atomic mass is 32.2. The molecule has 0 saturated heterocycles. The molecule has 0 spiro atoms. The number of hydrogen-bond donors (Lipinski definition) is 1. The smallest absolute Gasteiger partial charge is 0.269 e. The summed E-state index contributed by atoms with van der Waals surface area (Å²) >= 11 is 1.69. The van der Waals surface area contributed by atoms with Crippen molar-refractivity contribution in [3.63, 3.8) is 0 Å². The number of aryl methyl sites for hydroxylation is 1. The van der Waals surface area contributed by atoms with Gasteiger partial charge < -0.3 is 5.32 Å². The molecule has 4 nitrogen and oxygen atoms in total. The summed E-state index contributed by atoms with van der Waals surface area (Å²) in [6.45, 7) is 2.06. The number of nitro benzene ring substituents is 1. The monoisotopic (exact) mass is 274 g/mol. The minimum Gasteiger partial charge on any atom is -0.376 e. The van der Waals surface area contributed by atoms with Crippen molar-refractivity contribution >= 4 is 23.1 Å². The average Bonchev–Trinajstić information content (AvgIpc) is 2.41. The van der Waals surface area contributed by atoms with Crippen molar-refractivity contribution in [3.05, 3.63) is 64.2 Å². The van der Waals surface area contributed by atoms with Crippen LogP contribution in [0.1, 0.15) is 5.56 Å². The molecule has 0 heterocycles. The summed E-state index contributed by atoms with van der Waals surface area (Å²) in [7, 11) is 0. The molecular weight excluding hydrogens is 260 g/mol. The number of anilines is 1. The van der Waals surface area contributed by atoms with E-state index >= 15 is 0 Å². The first kappa shape index (κ1) is 13.4. The molecule has 2 aromatic rings. The van der Waals surface area contributed by atoms with Crippen molar-refractivity contribution < 1.29 is 4.92 Å². The molecule has 0 aliphatic carbocycles. The minimum atomic E-state index is -0.398. The van der Waals surface area contributed by atoms with Gasteiger partial charge in [-0.3, -0.25) is 10.1 Å². The third-order valence-electron chi connectivity index (χ3n) is 2.61. The van der Waals surface area contributed by atoms with Crippen molar-refractivity contribution in [1.82, 2.24) is 0 Å². The SMILES string of the molecule is Cc1ccc(SCNc2ccc([N+](=O)[O-])cc2)cc1. The Hall–Kier alpha value is -2.01. The third-order valence-corrected chi connectivity index (χ3v) is 3.51. The second-order valence-electron chi connectivity index (χ2n) is 4.08. The lowest BCUT2D eigenvalue weighted by Gasteiger charge is -2.06. The fraction of sp³-hybridized carbons (Fsp3) is 0.143. The van der Waals surface area contributed by atoms with Crippen molar-refractivity contribution in [2.75, 3.05) is 11.2 Å². The summed E-state index contributed by atoms with van der Waals surface area (Å²) in [5.41, 5.74) is 2.23. The molecule has 1 N–H and O–H groups in total. The Bertz CT molecular complexity index is 553. The van der Waals surface area contributed by atoms with Crippen LogP contribution in [0.3, 0.4) is 0 Å². The molecule has 0 saturated carbocycles. The molecule has 0 fully saturated rings. The summed E-state index contributed by atoms with van der Waals surface area (Å²) < 4.78 is 0. The fourth-order valence-electron chi connectivity index (χ4n) is 1.54. The van der Waals surface area contributed by atoms with Gasteiger partial charge in [-0.1, -0.05) is 17.7 Å². The van der Waals surface area contributed by atoms with Crippen LogP contribution in [-0.2, 0) is 0 Å². The van der Waals surface area contributed by atoms with E-state index in [1.54, 1.807) is 23.9 Å². The van der Waals surface area contributed by atoms with Crippen LogP contribution in [0.2, 0.25) is 0 Å². The van der Waals surface area contributed by atoms with E-state index in [1.807, 2.05) is 0 Å². The minimum absolute atomic E-state index is 0.108. The van der Waals surface area contributed by atoms with E-state index in [1.165, 1.54) is 22.6 Å². The van der Waals surface area contributed by atoms with Gasteiger partial charge in [0.2, 0.25) is 0 Å². The van der Waals surface area contributed by atoms with Crippen molar-refractivity contribution in [2.24, 2.45) is 0 Å². The lowest BCUT2D eigenvalue weighted by atomic mass is 10.2. The maximum Gasteiger partial charge on any atom is 0.269 e. The maximum atomic E-state index is 10.5. The van der Waals surface area contributed by atoms with Crippen LogP contribution in [0.5, 0.6) is 0 Å². The number of benzene rings is 2. The Morgan fingerprint density at radius 3 is 2.32 bits per heavy atom. The molecule has 0 aliphatic heterocycles. The molecule has 0 amide bonds.